The molecule has 6 nitrogen and oxygen atoms in total. The summed E-state index contributed by atoms with van der Waals surface area (Å²) in [6, 6.07) is 7.27. The molecule has 1 saturated carbocycles. The minimum Gasteiger partial charge on any atom is -0.378 e. The number of carbonyl (C=O) groups excluding carboxylic acids is 3. The minimum atomic E-state index is -0.545. The van der Waals surface area contributed by atoms with Gasteiger partial charge in [0.2, 0.25) is 17.7 Å². The van der Waals surface area contributed by atoms with Crippen LogP contribution in [0.5, 0.6) is 0 Å². The summed E-state index contributed by atoms with van der Waals surface area (Å²) in [6.45, 7) is 4.17. The van der Waals surface area contributed by atoms with E-state index in [2.05, 4.69) is 12.2 Å². The van der Waals surface area contributed by atoms with Gasteiger partial charge in [-0.25, -0.2) is 0 Å². The molecule has 6 heteroatoms. The van der Waals surface area contributed by atoms with Crippen LogP contribution in [0.4, 0.5) is 0 Å². The van der Waals surface area contributed by atoms with Gasteiger partial charge in [0, 0.05) is 13.1 Å². The summed E-state index contributed by atoms with van der Waals surface area (Å²) in [5.41, 5.74) is 1.95. The monoisotopic (exact) mass is 394 g/mol. The number of fused-ring (bicyclic) bond motifs is 5. The van der Waals surface area contributed by atoms with Gasteiger partial charge in [0.05, 0.1) is 37.5 Å². The van der Waals surface area contributed by atoms with E-state index in [9.17, 15) is 14.4 Å². The third-order valence-corrected chi connectivity index (χ3v) is 7.01. The number of benzene rings is 1. The molecule has 5 unspecified atom stereocenters. The lowest BCUT2D eigenvalue weighted by Gasteiger charge is -2.32. The van der Waals surface area contributed by atoms with Crippen molar-refractivity contribution < 1.29 is 19.1 Å². The Labute approximate surface area is 170 Å². The molecule has 0 aromatic heterocycles. The summed E-state index contributed by atoms with van der Waals surface area (Å²) in [7, 11) is 0. The molecule has 2 aliphatic heterocycles. The Kier molecular flexibility index (Phi) is 4.54. The fraction of sp³-hybridized carbons (Fsp3) is 0.522. The van der Waals surface area contributed by atoms with Crippen LogP contribution in [0.25, 0.3) is 0 Å². The van der Waals surface area contributed by atoms with Crippen LogP contribution in [0.1, 0.15) is 30.0 Å². The SMILES string of the molecule is Cc1ccc(C(CC(=O)N2CCOCC2)N2C(=O)C3C4C=CC(C4)C3C2=O)cc1. The van der Waals surface area contributed by atoms with E-state index >= 15 is 0 Å². The zero-order valence-corrected chi connectivity index (χ0v) is 16.6. The van der Waals surface area contributed by atoms with Gasteiger partial charge in [-0.05, 0) is 30.7 Å². The summed E-state index contributed by atoms with van der Waals surface area (Å²) >= 11 is 0. The lowest BCUT2D eigenvalue weighted by molar-refractivity contribution is -0.146. The quantitative estimate of drug-likeness (QED) is 0.579. The van der Waals surface area contributed by atoms with Crippen molar-refractivity contribution in [2.24, 2.45) is 23.7 Å². The summed E-state index contributed by atoms with van der Waals surface area (Å²) in [5, 5.41) is 0. The zero-order valence-electron chi connectivity index (χ0n) is 16.6. The first-order chi connectivity index (χ1) is 14.0. The maximum atomic E-state index is 13.4. The second kappa shape index (κ2) is 7.10. The summed E-state index contributed by atoms with van der Waals surface area (Å²) in [5.74, 6) is -0.389. The number of hydrogen-bond acceptors (Lipinski definition) is 4. The van der Waals surface area contributed by atoms with Crippen LogP contribution < -0.4 is 0 Å². The Morgan fingerprint density at radius 3 is 2.21 bits per heavy atom. The average Bonchev–Trinajstić information content (AvgIpc) is 3.42. The van der Waals surface area contributed by atoms with E-state index in [1.54, 1.807) is 4.90 Å². The highest BCUT2D eigenvalue weighted by molar-refractivity contribution is 6.07. The van der Waals surface area contributed by atoms with Crippen LogP contribution in [0.15, 0.2) is 36.4 Å². The van der Waals surface area contributed by atoms with Crippen LogP contribution in [-0.2, 0) is 19.1 Å². The van der Waals surface area contributed by atoms with Crippen LogP contribution in [0.3, 0.4) is 0 Å². The number of aryl methyl sites for hydroxylation is 1. The Morgan fingerprint density at radius 1 is 1.03 bits per heavy atom. The Bertz CT molecular complexity index is 841. The molecule has 152 valence electrons. The highest BCUT2D eigenvalue weighted by Crippen LogP contribution is 2.54. The van der Waals surface area contributed by atoms with Crippen LogP contribution in [-0.4, -0.2) is 53.8 Å². The van der Waals surface area contributed by atoms with Gasteiger partial charge in [-0.3, -0.25) is 19.3 Å². The van der Waals surface area contributed by atoms with Crippen molar-refractivity contribution in [3.05, 3.63) is 47.5 Å². The zero-order chi connectivity index (χ0) is 20.1. The number of morpholine rings is 1. The summed E-state index contributed by atoms with van der Waals surface area (Å²) < 4.78 is 5.35. The number of amides is 3. The topological polar surface area (TPSA) is 66.9 Å². The van der Waals surface area contributed by atoms with Gasteiger partial charge >= 0.3 is 0 Å². The lowest BCUT2D eigenvalue weighted by Crippen LogP contribution is -2.44. The second-order valence-electron chi connectivity index (χ2n) is 8.67. The Morgan fingerprint density at radius 2 is 1.62 bits per heavy atom. The molecule has 0 spiro atoms. The molecule has 2 aliphatic carbocycles. The number of carbonyl (C=O) groups is 3. The number of allylic oxidation sites excluding steroid dienone is 2. The van der Waals surface area contributed by atoms with Gasteiger partial charge in [0.25, 0.3) is 0 Å². The average molecular weight is 394 g/mol. The number of ether oxygens (including phenoxy) is 1. The van der Waals surface area contributed by atoms with Crippen molar-refractivity contribution in [1.82, 2.24) is 9.80 Å². The molecule has 0 N–H and O–H groups in total. The third kappa shape index (κ3) is 3.01. The van der Waals surface area contributed by atoms with E-state index in [0.29, 0.717) is 26.3 Å². The van der Waals surface area contributed by atoms with Crippen LogP contribution in [0.2, 0.25) is 0 Å². The molecule has 29 heavy (non-hydrogen) atoms. The first-order valence-electron chi connectivity index (χ1n) is 10.5. The number of rotatable bonds is 4. The molecule has 5 atom stereocenters. The summed E-state index contributed by atoms with van der Waals surface area (Å²) in [6.07, 6.45) is 5.23. The molecule has 5 rings (SSSR count). The number of hydrogen-bond donors (Lipinski definition) is 0. The van der Waals surface area contributed by atoms with Crippen molar-refractivity contribution in [1.29, 1.82) is 0 Å². The molecule has 3 fully saturated rings. The van der Waals surface area contributed by atoms with Gasteiger partial charge in [-0.15, -0.1) is 0 Å². The minimum absolute atomic E-state index is 0.0300. The predicted molar refractivity (Wildman–Crippen MR) is 106 cm³/mol. The van der Waals surface area contributed by atoms with E-state index in [4.69, 9.17) is 4.74 Å². The fourth-order valence-corrected chi connectivity index (χ4v) is 5.49. The van der Waals surface area contributed by atoms with Gasteiger partial charge < -0.3 is 9.64 Å². The standard InChI is InChI=1S/C23H26N2O4/c1-14-2-4-15(5-3-14)18(13-19(26)24-8-10-29-11-9-24)25-22(27)20-16-6-7-17(12-16)21(20)23(25)28/h2-7,16-18,20-21H,8-13H2,1H3. The molecular formula is C23H26N2O4. The highest BCUT2D eigenvalue weighted by Gasteiger charge is 2.60. The normalized spacial score (nSPS) is 31.5. The Balaban J connectivity index is 1.45. The van der Waals surface area contributed by atoms with Crippen molar-refractivity contribution in [2.45, 2.75) is 25.8 Å². The van der Waals surface area contributed by atoms with Gasteiger partial charge in [-0.1, -0.05) is 42.0 Å². The molecule has 1 aromatic carbocycles. The number of likely N-dealkylation sites (tertiary alicyclic amines) is 1. The van der Waals surface area contributed by atoms with Gasteiger partial charge in [-0.2, -0.15) is 0 Å². The van der Waals surface area contributed by atoms with Crippen molar-refractivity contribution in [2.75, 3.05) is 26.3 Å². The molecule has 3 amide bonds. The lowest BCUT2D eigenvalue weighted by atomic mass is 9.85. The van der Waals surface area contributed by atoms with E-state index in [1.807, 2.05) is 31.2 Å². The summed E-state index contributed by atoms with van der Waals surface area (Å²) in [4.78, 5) is 42.9. The van der Waals surface area contributed by atoms with Crippen molar-refractivity contribution >= 4 is 17.7 Å². The maximum absolute atomic E-state index is 13.4. The van der Waals surface area contributed by atoms with Crippen LogP contribution >= 0.6 is 0 Å². The number of nitrogens with zero attached hydrogens (tertiary/aromatic N) is 2. The van der Waals surface area contributed by atoms with Crippen LogP contribution in [0, 0.1) is 30.6 Å². The predicted octanol–water partition coefficient (Wildman–Crippen LogP) is 2.09. The van der Waals surface area contributed by atoms with E-state index < -0.39 is 6.04 Å². The van der Waals surface area contributed by atoms with Crippen molar-refractivity contribution in [3.8, 4) is 0 Å². The molecule has 4 aliphatic rings. The molecule has 2 bridgehead atoms. The van der Waals surface area contributed by atoms with Gasteiger partial charge in [0.1, 0.15) is 0 Å². The number of imide groups is 1. The highest BCUT2D eigenvalue weighted by atomic mass is 16.5. The van der Waals surface area contributed by atoms with E-state index in [-0.39, 0.29) is 47.8 Å². The van der Waals surface area contributed by atoms with Gasteiger partial charge in [0.15, 0.2) is 0 Å². The first kappa shape index (κ1) is 18.6. The van der Waals surface area contributed by atoms with Crippen molar-refractivity contribution in [3.63, 3.8) is 0 Å². The third-order valence-electron chi connectivity index (χ3n) is 7.01. The Hall–Kier alpha value is -2.47. The molecule has 1 aromatic rings. The molecule has 2 heterocycles. The van der Waals surface area contributed by atoms with E-state index in [1.165, 1.54) is 4.90 Å². The smallest absolute Gasteiger partial charge is 0.234 e. The largest absolute Gasteiger partial charge is 0.378 e. The maximum Gasteiger partial charge on any atom is 0.234 e. The van der Waals surface area contributed by atoms with E-state index in [0.717, 1.165) is 17.5 Å². The molecule has 0 radical (unpaired) electrons. The first-order valence-corrected chi connectivity index (χ1v) is 10.5. The molecule has 2 saturated heterocycles. The fourth-order valence-electron chi connectivity index (χ4n) is 5.49. The second-order valence-corrected chi connectivity index (χ2v) is 8.67. The molecular weight excluding hydrogens is 368 g/mol.